The monoisotopic (exact) mass is 364 g/mol. The average molecular weight is 364 g/mol. The first-order valence-electron chi connectivity index (χ1n) is 8.67. The third-order valence-electron chi connectivity index (χ3n) is 4.13. The molecule has 1 N–H and O–H groups in total. The van der Waals surface area contributed by atoms with Crippen LogP contribution >= 0.6 is 0 Å². The second kappa shape index (κ2) is 7.99. The summed E-state index contributed by atoms with van der Waals surface area (Å²) in [6.45, 7) is 3.35. The molecule has 0 radical (unpaired) electrons. The number of nitrogens with one attached hydrogen (secondary N) is 1. The van der Waals surface area contributed by atoms with Gasteiger partial charge >= 0.3 is 0 Å². The predicted octanol–water partition coefficient (Wildman–Crippen LogP) is 4.28. The summed E-state index contributed by atoms with van der Waals surface area (Å²) in [6.07, 6.45) is 1.69. The van der Waals surface area contributed by atoms with Crippen molar-refractivity contribution >= 4 is 5.91 Å². The molecule has 27 heavy (non-hydrogen) atoms. The molecule has 1 amide bonds. The number of halogens is 1. The van der Waals surface area contributed by atoms with E-state index in [1.165, 1.54) is 24.3 Å². The minimum atomic E-state index is -1.15. The van der Waals surface area contributed by atoms with E-state index in [9.17, 15) is 9.18 Å². The van der Waals surface area contributed by atoms with Gasteiger partial charge in [-0.25, -0.2) is 4.39 Å². The molecular weight excluding hydrogens is 343 g/mol. The minimum absolute atomic E-state index is 0.300. The van der Waals surface area contributed by atoms with Gasteiger partial charge in [0.15, 0.2) is 5.60 Å². The molecule has 1 heterocycles. The summed E-state index contributed by atoms with van der Waals surface area (Å²) >= 11 is 0. The standard InChI is InChI=1S/C22H21FN2O2/c1-22(2,27-18-13-11-17(23)12-14-18)21(26)25-20(16-8-4-3-5-9-16)19-10-6-7-15-24-19/h3-15,20H,1-2H3,(H,25,26). The largest absolute Gasteiger partial charge is 0.478 e. The van der Waals surface area contributed by atoms with Crippen molar-refractivity contribution in [3.8, 4) is 5.75 Å². The van der Waals surface area contributed by atoms with Crippen molar-refractivity contribution < 1.29 is 13.9 Å². The maximum Gasteiger partial charge on any atom is 0.264 e. The van der Waals surface area contributed by atoms with Crippen LogP contribution in [0.15, 0.2) is 79.0 Å². The molecule has 5 heteroatoms. The number of nitrogens with zero attached hydrogens (tertiary/aromatic N) is 1. The van der Waals surface area contributed by atoms with Crippen LogP contribution in [0.4, 0.5) is 4.39 Å². The summed E-state index contributed by atoms with van der Waals surface area (Å²) in [5.41, 5.74) is 0.497. The normalized spacial score (nSPS) is 12.3. The Hall–Kier alpha value is -3.21. The number of ether oxygens (including phenoxy) is 1. The Kier molecular flexibility index (Phi) is 5.50. The van der Waals surface area contributed by atoms with Gasteiger partial charge < -0.3 is 10.1 Å². The highest BCUT2D eigenvalue weighted by Gasteiger charge is 2.32. The highest BCUT2D eigenvalue weighted by atomic mass is 19.1. The lowest BCUT2D eigenvalue weighted by atomic mass is 10.0. The van der Waals surface area contributed by atoms with Crippen molar-refractivity contribution in [2.75, 3.05) is 0 Å². The van der Waals surface area contributed by atoms with Gasteiger partial charge in [-0.1, -0.05) is 36.4 Å². The lowest BCUT2D eigenvalue weighted by molar-refractivity contribution is -0.134. The van der Waals surface area contributed by atoms with E-state index in [1.807, 2.05) is 48.5 Å². The van der Waals surface area contributed by atoms with Gasteiger partial charge in [0.25, 0.3) is 5.91 Å². The molecule has 138 valence electrons. The number of pyridine rings is 1. The molecule has 1 aromatic heterocycles. The summed E-state index contributed by atoms with van der Waals surface area (Å²) in [7, 11) is 0. The van der Waals surface area contributed by atoms with E-state index in [0.717, 1.165) is 11.3 Å². The zero-order valence-corrected chi connectivity index (χ0v) is 15.2. The van der Waals surface area contributed by atoms with E-state index in [1.54, 1.807) is 20.0 Å². The van der Waals surface area contributed by atoms with Crippen molar-refractivity contribution in [3.63, 3.8) is 0 Å². The molecule has 1 atom stereocenters. The summed E-state index contributed by atoms with van der Waals surface area (Å²) in [5.74, 6) is -0.235. The van der Waals surface area contributed by atoms with E-state index in [2.05, 4.69) is 10.3 Å². The Bertz CT molecular complexity index is 842. The lowest BCUT2D eigenvalue weighted by Crippen LogP contribution is -2.48. The van der Waals surface area contributed by atoms with Crippen LogP contribution in [0, 0.1) is 5.82 Å². The Labute approximate surface area is 158 Å². The summed E-state index contributed by atoms with van der Waals surface area (Å²) in [5, 5.41) is 3.02. The molecule has 3 aromatic rings. The summed E-state index contributed by atoms with van der Waals surface area (Å²) in [4.78, 5) is 17.3. The Morgan fingerprint density at radius 2 is 1.67 bits per heavy atom. The van der Waals surface area contributed by atoms with Crippen LogP contribution in [0.1, 0.15) is 31.1 Å². The zero-order chi connectivity index (χ0) is 19.3. The molecule has 0 saturated carbocycles. The van der Waals surface area contributed by atoms with E-state index in [4.69, 9.17) is 4.74 Å². The number of hydrogen-bond donors (Lipinski definition) is 1. The van der Waals surface area contributed by atoms with E-state index in [-0.39, 0.29) is 11.7 Å². The van der Waals surface area contributed by atoms with Crippen LogP contribution in [0.2, 0.25) is 0 Å². The number of carbonyl (C=O) groups is 1. The fourth-order valence-electron chi connectivity index (χ4n) is 2.67. The summed E-state index contributed by atoms with van der Waals surface area (Å²) < 4.78 is 18.9. The molecule has 0 aliphatic carbocycles. The second-order valence-corrected chi connectivity index (χ2v) is 6.64. The quantitative estimate of drug-likeness (QED) is 0.710. The molecule has 1 unspecified atom stereocenters. The minimum Gasteiger partial charge on any atom is -0.478 e. The van der Waals surface area contributed by atoms with Gasteiger partial charge in [-0.05, 0) is 55.8 Å². The molecule has 4 nitrogen and oxygen atoms in total. The fourth-order valence-corrected chi connectivity index (χ4v) is 2.67. The third kappa shape index (κ3) is 4.70. The number of rotatable bonds is 6. The Morgan fingerprint density at radius 3 is 2.30 bits per heavy atom. The lowest BCUT2D eigenvalue weighted by Gasteiger charge is -2.28. The highest BCUT2D eigenvalue weighted by Crippen LogP contribution is 2.23. The summed E-state index contributed by atoms with van der Waals surface area (Å²) in [6, 6.07) is 20.4. The van der Waals surface area contributed by atoms with Gasteiger partial charge in [-0.15, -0.1) is 0 Å². The maximum absolute atomic E-state index is 13.1. The number of amides is 1. The molecule has 0 saturated heterocycles. The van der Waals surface area contributed by atoms with Gasteiger partial charge in [-0.3, -0.25) is 9.78 Å². The molecule has 3 rings (SSSR count). The van der Waals surface area contributed by atoms with Crippen LogP contribution in [0.3, 0.4) is 0 Å². The molecule has 0 aliphatic heterocycles. The molecule has 0 spiro atoms. The van der Waals surface area contributed by atoms with Crippen LogP contribution < -0.4 is 10.1 Å². The van der Waals surface area contributed by atoms with Gasteiger partial charge in [0, 0.05) is 6.20 Å². The van der Waals surface area contributed by atoms with E-state index >= 15 is 0 Å². The van der Waals surface area contributed by atoms with E-state index in [0.29, 0.717) is 5.75 Å². The first-order chi connectivity index (χ1) is 13.0. The topological polar surface area (TPSA) is 51.2 Å². The van der Waals surface area contributed by atoms with Gasteiger partial charge in [0.05, 0.1) is 11.7 Å². The average Bonchev–Trinajstić information content (AvgIpc) is 2.69. The van der Waals surface area contributed by atoms with Crippen molar-refractivity contribution in [2.24, 2.45) is 0 Å². The van der Waals surface area contributed by atoms with Crippen molar-refractivity contribution in [3.05, 3.63) is 96.1 Å². The molecule has 0 aliphatic rings. The van der Waals surface area contributed by atoms with Crippen LogP contribution in [0.25, 0.3) is 0 Å². The molecule has 2 aromatic carbocycles. The first kappa shape index (κ1) is 18.6. The Balaban J connectivity index is 1.82. The number of carbonyl (C=O) groups excluding carboxylic acids is 1. The smallest absolute Gasteiger partial charge is 0.264 e. The van der Waals surface area contributed by atoms with E-state index < -0.39 is 11.6 Å². The number of benzene rings is 2. The highest BCUT2D eigenvalue weighted by molar-refractivity contribution is 5.85. The SMILES string of the molecule is CC(C)(Oc1ccc(F)cc1)C(=O)NC(c1ccccc1)c1ccccn1. The van der Waals surface area contributed by atoms with Gasteiger partial charge in [-0.2, -0.15) is 0 Å². The second-order valence-electron chi connectivity index (χ2n) is 6.64. The van der Waals surface area contributed by atoms with Crippen molar-refractivity contribution in [1.29, 1.82) is 0 Å². The van der Waals surface area contributed by atoms with Crippen molar-refractivity contribution in [2.45, 2.75) is 25.5 Å². The zero-order valence-electron chi connectivity index (χ0n) is 15.2. The van der Waals surface area contributed by atoms with Gasteiger partial charge in [0.1, 0.15) is 11.6 Å². The third-order valence-corrected chi connectivity index (χ3v) is 4.13. The molecule has 0 bridgehead atoms. The fraction of sp³-hybridized carbons (Fsp3) is 0.182. The first-order valence-corrected chi connectivity index (χ1v) is 8.67. The molecular formula is C22H21FN2O2. The molecule has 0 fully saturated rings. The number of aromatic nitrogens is 1. The predicted molar refractivity (Wildman–Crippen MR) is 102 cm³/mol. The van der Waals surface area contributed by atoms with Crippen LogP contribution in [0.5, 0.6) is 5.75 Å². The Morgan fingerprint density at radius 1 is 1.00 bits per heavy atom. The van der Waals surface area contributed by atoms with Crippen LogP contribution in [-0.4, -0.2) is 16.5 Å². The van der Waals surface area contributed by atoms with Crippen LogP contribution in [-0.2, 0) is 4.79 Å². The van der Waals surface area contributed by atoms with Crippen molar-refractivity contribution in [1.82, 2.24) is 10.3 Å². The van der Waals surface area contributed by atoms with Gasteiger partial charge in [0.2, 0.25) is 0 Å². The number of hydrogen-bond acceptors (Lipinski definition) is 3. The maximum atomic E-state index is 13.1.